The standard InChI is InChI=1S/C34H46NO2P/c1-10-20-34(11-2,30-22-27(33(6,7)8)21-25(4)31(30)37-23-36-9)38-32-24(3)16-15-19-29(32)26(5)35-28-17-13-12-14-18-28/h12-19,21-22,38H,10-11,20,23H2,1-9H3. The fourth-order valence-electron chi connectivity index (χ4n) is 5.15. The largest absolute Gasteiger partial charge is 0.467 e. The number of para-hydroxylation sites is 1. The molecule has 0 fully saturated rings. The summed E-state index contributed by atoms with van der Waals surface area (Å²) in [5.74, 6) is 0.979. The maximum atomic E-state index is 6.32. The molecule has 0 amide bonds. The van der Waals surface area contributed by atoms with E-state index in [2.05, 4.69) is 97.9 Å². The van der Waals surface area contributed by atoms with E-state index in [0.29, 0.717) is 8.58 Å². The number of benzene rings is 3. The number of aliphatic imine (C=N–C) groups is 1. The van der Waals surface area contributed by atoms with Crippen LogP contribution < -0.4 is 10.0 Å². The van der Waals surface area contributed by atoms with E-state index in [0.717, 1.165) is 36.4 Å². The minimum atomic E-state index is -0.0578. The van der Waals surface area contributed by atoms with Gasteiger partial charge in [-0.25, -0.2) is 0 Å². The fraction of sp³-hybridized carbons (Fsp3) is 0.441. The van der Waals surface area contributed by atoms with Gasteiger partial charge in [0, 0.05) is 29.1 Å². The van der Waals surface area contributed by atoms with Crippen molar-refractivity contribution < 1.29 is 9.47 Å². The molecule has 0 aliphatic heterocycles. The van der Waals surface area contributed by atoms with Gasteiger partial charge in [-0.15, -0.1) is 0 Å². The normalized spacial score (nSPS) is 14.2. The van der Waals surface area contributed by atoms with Crippen LogP contribution >= 0.6 is 8.58 Å². The predicted octanol–water partition coefficient (Wildman–Crippen LogP) is 9.13. The molecule has 3 aromatic rings. The monoisotopic (exact) mass is 531 g/mol. The molecule has 3 rings (SSSR count). The molecule has 0 saturated carbocycles. The molecular weight excluding hydrogens is 485 g/mol. The van der Waals surface area contributed by atoms with Crippen molar-refractivity contribution in [3.63, 3.8) is 0 Å². The Hall–Kier alpha value is -2.48. The third-order valence-corrected chi connectivity index (χ3v) is 9.60. The van der Waals surface area contributed by atoms with E-state index < -0.39 is 0 Å². The zero-order valence-electron chi connectivity index (χ0n) is 24.9. The minimum Gasteiger partial charge on any atom is -0.467 e. The van der Waals surface area contributed by atoms with Crippen molar-refractivity contribution in [1.29, 1.82) is 0 Å². The zero-order valence-corrected chi connectivity index (χ0v) is 25.9. The Kier molecular flexibility index (Phi) is 10.3. The lowest BCUT2D eigenvalue weighted by atomic mass is 9.81. The maximum absolute atomic E-state index is 6.32. The summed E-state index contributed by atoms with van der Waals surface area (Å²) in [6.45, 7) is 18.3. The quantitative estimate of drug-likeness (QED) is 0.140. The van der Waals surface area contributed by atoms with E-state index in [1.165, 1.54) is 33.1 Å². The number of hydrogen-bond acceptors (Lipinski definition) is 3. The van der Waals surface area contributed by atoms with Crippen LogP contribution in [0, 0.1) is 13.8 Å². The topological polar surface area (TPSA) is 30.8 Å². The highest BCUT2D eigenvalue weighted by atomic mass is 31.1. The second-order valence-corrected chi connectivity index (χ2v) is 13.0. The Morgan fingerprint density at radius 3 is 2.24 bits per heavy atom. The van der Waals surface area contributed by atoms with Crippen molar-refractivity contribution in [2.75, 3.05) is 13.9 Å². The molecule has 38 heavy (non-hydrogen) atoms. The molecule has 4 heteroatoms. The highest BCUT2D eigenvalue weighted by Crippen LogP contribution is 2.53. The van der Waals surface area contributed by atoms with Crippen LogP contribution in [0.25, 0.3) is 0 Å². The molecule has 2 unspecified atom stereocenters. The van der Waals surface area contributed by atoms with Crippen LogP contribution in [0.15, 0.2) is 65.7 Å². The van der Waals surface area contributed by atoms with Gasteiger partial charge in [0.15, 0.2) is 6.79 Å². The minimum absolute atomic E-state index is 0.0425. The Balaban J connectivity index is 2.24. The van der Waals surface area contributed by atoms with Gasteiger partial charge in [0.25, 0.3) is 0 Å². The van der Waals surface area contributed by atoms with Crippen molar-refractivity contribution in [2.24, 2.45) is 4.99 Å². The van der Waals surface area contributed by atoms with Crippen LogP contribution in [0.4, 0.5) is 5.69 Å². The molecule has 0 saturated heterocycles. The Morgan fingerprint density at radius 1 is 0.921 bits per heavy atom. The van der Waals surface area contributed by atoms with Gasteiger partial charge in [0.05, 0.1) is 5.69 Å². The number of rotatable bonds is 11. The van der Waals surface area contributed by atoms with E-state index in [4.69, 9.17) is 14.5 Å². The molecule has 0 bridgehead atoms. The molecule has 3 aromatic carbocycles. The van der Waals surface area contributed by atoms with E-state index >= 15 is 0 Å². The highest BCUT2D eigenvalue weighted by Gasteiger charge is 2.36. The summed E-state index contributed by atoms with van der Waals surface area (Å²) >= 11 is 0. The van der Waals surface area contributed by atoms with Crippen LogP contribution in [0.2, 0.25) is 0 Å². The summed E-state index contributed by atoms with van der Waals surface area (Å²) in [5, 5.41) is 1.34. The van der Waals surface area contributed by atoms with Crippen LogP contribution in [0.1, 0.15) is 88.6 Å². The van der Waals surface area contributed by atoms with Gasteiger partial charge in [-0.2, -0.15) is 0 Å². The molecule has 3 nitrogen and oxygen atoms in total. The van der Waals surface area contributed by atoms with Crippen molar-refractivity contribution in [3.8, 4) is 5.75 Å². The molecule has 2 atom stereocenters. The smallest absolute Gasteiger partial charge is 0.188 e. The van der Waals surface area contributed by atoms with Gasteiger partial charge in [-0.05, 0) is 73.2 Å². The van der Waals surface area contributed by atoms with Crippen molar-refractivity contribution in [3.05, 3.63) is 88.5 Å². The first kappa shape index (κ1) is 30.1. The lowest BCUT2D eigenvalue weighted by molar-refractivity contribution is 0.0493. The Morgan fingerprint density at radius 2 is 1.63 bits per heavy atom. The number of ether oxygens (including phenoxy) is 2. The van der Waals surface area contributed by atoms with E-state index in [-0.39, 0.29) is 17.4 Å². The molecule has 0 heterocycles. The van der Waals surface area contributed by atoms with Gasteiger partial charge in [-0.1, -0.05) is 98.2 Å². The Bertz CT molecular complexity index is 1240. The van der Waals surface area contributed by atoms with Crippen molar-refractivity contribution in [2.45, 2.75) is 85.2 Å². The number of methoxy groups -OCH3 is 1. The molecule has 204 valence electrons. The van der Waals surface area contributed by atoms with Crippen molar-refractivity contribution >= 4 is 25.3 Å². The Labute approximate surface area is 232 Å². The number of hydrogen-bond donors (Lipinski definition) is 0. The summed E-state index contributed by atoms with van der Waals surface area (Å²) < 4.78 is 11.7. The first-order chi connectivity index (χ1) is 18.1. The number of aryl methyl sites for hydroxylation is 2. The lowest BCUT2D eigenvalue weighted by Crippen LogP contribution is -2.28. The second kappa shape index (κ2) is 13.0. The average Bonchev–Trinajstić information content (AvgIpc) is 2.88. The maximum Gasteiger partial charge on any atom is 0.188 e. The highest BCUT2D eigenvalue weighted by molar-refractivity contribution is 7.49. The summed E-state index contributed by atoms with van der Waals surface area (Å²) in [5.41, 5.74) is 8.48. The van der Waals surface area contributed by atoms with Gasteiger partial charge in [0.1, 0.15) is 5.75 Å². The van der Waals surface area contributed by atoms with Gasteiger partial charge >= 0.3 is 0 Å². The fourth-order valence-corrected chi connectivity index (χ4v) is 7.18. The second-order valence-electron chi connectivity index (χ2n) is 11.3. The summed E-state index contributed by atoms with van der Waals surface area (Å²) in [6, 6.07) is 21.6. The summed E-state index contributed by atoms with van der Waals surface area (Å²) in [7, 11) is 2.27. The van der Waals surface area contributed by atoms with Crippen LogP contribution in [0.3, 0.4) is 0 Å². The van der Waals surface area contributed by atoms with E-state index in [1.807, 2.05) is 18.2 Å². The lowest BCUT2D eigenvalue weighted by Gasteiger charge is -2.38. The molecule has 0 aliphatic rings. The average molecular weight is 532 g/mol. The number of nitrogens with zero attached hydrogens (tertiary/aromatic N) is 1. The molecule has 0 N–H and O–H groups in total. The SMILES string of the molecule is CCCC(CC)(Pc1c(C)cccc1C(C)=Nc1ccccc1)c1cc(C(C)(C)C)cc(C)c1OCOC. The van der Waals surface area contributed by atoms with Crippen molar-refractivity contribution in [1.82, 2.24) is 0 Å². The molecule has 0 aliphatic carbocycles. The van der Waals surface area contributed by atoms with Crippen LogP contribution in [-0.4, -0.2) is 19.6 Å². The predicted molar refractivity (Wildman–Crippen MR) is 167 cm³/mol. The molecule has 0 aromatic heterocycles. The van der Waals surface area contributed by atoms with Crippen LogP contribution in [-0.2, 0) is 15.3 Å². The molecular formula is C34H46NO2P. The van der Waals surface area contributed by atoms with E-state index in [1.54, 1.807) is 7.11 Å². The van der Waals surface area contributed by atoms with Gasteiger partial charge < -0.3 is 9.47 Å². The van der Waals surface area contributed by atoms with Gasteiger partial charge in [0.2, 0.25) is 0 Å². The molecule has 0 radical (unpaired) electrons. The van der Waals surface area contributed by atoms with Crippen LogP contribution in [0.5, 0.6) is 5.75 Å². The van der Waals surface area contributed by atoms with Gasteiger partial charge in [-0.3, -0.25) is 4.99 Å². The summed E-state index contributed by atoms with van der Waals surface area (Å²) in [4.78, 5) is 5.00. The third kappa shape index (κ3) is 6.93. The molecule has 0 spiro atoms. The van der Waals surface area contributed by atoms with E-state index in [9.17, 15) is 0 Å². The first-order valence-electron chi connectivity index (χ1n) is 13.8. The first-order valence-corrected chi connectivity index (χ1v) is 14.8. The zero-order chi connectivity index (χ0) is 27.9. The third-order valence-electron chi connectivity index (χ3n) is 7.34. The summed E-state index contributed by atoms with van der Waals surface area (Å²) in [6.07, 6.45) is 3.21.